The molecule has 154 valence electrons. The highest BCUT2D eigenvalue weighted by atomic mass is 32.1. The van der Waals surface area contributed by atoms with Gasteiger partial charge in [0.25, 0.3) is 0 Å². The molecule has 0 saturated carbocycles. The number of fused-ring (bicyclic) bond motifs is 1. The molecule has 1 atom stereocenters. The van der Waals surface area contributed by atoms with E-state index in [1.165, 1.54) is 23.1 Å². The van der Waals surface area contributed by atoms with Crippen LogP contribution in [-0.4, -0.2) is 41.8 Å². The molecule has 2 aromatic carbocycles. The van der Waals surface area contributed by atoms with Crippen LogP contribution >= 0.6 is 11.3 Å². The quantitative estimate of drug-likeness (QED) is 0.617. The minimum atomic E-state index is -1.05. The number of piperazine rings is 1. The fourth-order valence-corrected chi connectivity index (χ4v) is 5.58. The largest absolute Gasteiger partial charge is 0.296 e. The predicted molar refractivity (Wildman–Crippen MR) is 114 cm³/mol. The van der Waals surface area contributed by atoms with Gasteiger partial charge in [-0.3, -0.25) is 14.6 Å². The van der Waals surface area contributed by atoms with Gasteiger partial charge >= 0.3 is 0 Å². The Morgan fingerprint density at radius 3 is 2.47 bits per heavy atom. The summed E-state index contributed by atoms with van der Waals surface area (Å²) in [6, 6.07) is 15.1. The van der Waals surface area contributed by atoms with Crippen molar-refractivity contribution in [2.24, 2.45) is 0 Å². The lowest BCUT2D eigenvalue weighted by atomic mass is 9.83. The number of nitrogens with zero attached hydrogens (tertiary/aromatic N) is 2. The average Bonchev–Trinajstić information content (AvgIpc) is 3.36. The number of thiophene rings is 1. The van der Waals surface area contributed by atoms with Crippen LogP contribution in [-0.2, 0) is 18.5 Å². The second-order valence-electron chi connectivity index (χ2n) is 7.99. The number of hydrogen-bond donors (Lipinski definition) is 0. The minimum absolute atomic E-state index is 0.130. The summed E-state index contributed by atoms with van der Waals surface area (Å²) in [5, 5.41) is 2.08. The third-order valence-corrected chi connectivity index (χ3v) is 7.21. The summed E-state index contributed by atoms with van der Waals surface area (Å²) >= 11 is 1.74. The Morgan fingerprint density at radius 2 is 1.77 bits per heavy atom. The van der Waals surface area contributed by atoms with Gasteiger partial charge in [0, 0.05) is 55.1 Å². The highest BCUT2D eigenvalue weighted by molar-refractivity contribution is 7.09. The van der Waals surface area contributed by atoms with Crippen molar-refractivity contribution >= 4 is 17.1 Å². The molecule has 1 unspecified atom stereocenters. The van der Waals surface area contributed by atoms with Crippen LogP contribution in [0.4, 0.5) is 8.78 Å². The Morgan fingerprint density at radius 1 is 0.967 bits per heavy atom. The van der Waals surface area contributed by atoms with Crippen LogP contribution < -0.4 is 0 Å². The third-order valence-electron chi connectivity index (χ3n) is 6.35. The van der Waals surface area contributed by atoms with Crippen molar-refractivity contribution in [3.63, 3.8) is 0 Å². The summed E-state index contributed by atoms with van der Waals surface area (Å²) in [5.74, 6) is -0.878. The van der Waals surface area contributed by atoms with E-state index in [9.17, 15) is 13.6 Å². The van der Waals surface area contributed by atoms with E-state index < -0.39 is 5.54 Å². The van der Waals surface area contributed by atoms with E-state index in [0.29, 0.717) is 29.8 Å². The summed E-state index contributed by atoms with van der Waals surface area (Å²) in [7, 11) is 0. The van der Waals surface area contributed by atoms with Crippen molar-refractivity contribution in [3.05, 3.63) is 93.2 Å². The summed E-state index contributed by atoms with van der Waals surface area (Å²) in [6.45, 7) is 3.84. The zero-order valence-corrected chi connectivity index (χ0v) is 17.3. The van der Waals surface area contributed by atoms with Gasteiger partial charge in [0.1, 0.15) is 17.2 Å². The first-order valence-electron chi connectivity index (χ1n) is 10.2. The Bertz CT molecular complexity index is 1080. The average molecular weight is 425 g/mol. The van der Waals surface area contributed by atoms with Crippen molar-refractivity contribution in [2.45, 2.75) is 18.5 Å². The number of carbonyl (C=O) groups excluding carboxylic acids is 1. The molecule has 1 aromatic heterocycles. The standard InChI is InChI=1S/C24H22F2N2OS/c25-18-5-1-4-17(14-18)24(15-21-20(23(24)29)7-2-8-22(21)26)28-11-9-27(10-12-28)16-19-6-3-13-30-19/h1-8,13-14H,9-12,15-16H2. The molecular formula is C24H22F2N2OS. The van der Waals surface area contributed by atoms with E-state index in [4.69, 9.17) is 0 Å². The summed E-state index contributed by atoms with van der Waals surface area (Å²) in [4.78, 5) is 19.5. The Labute approximate surface area is 178 Å². The molecule has 2 heterocycles. The summed E-state index contributed by atoms with van der Waals surface area (Å²) < 4.78 is 28.7. The van der Waals surface area contributed by atoms with Gasteiger partial charge in [-0.05, 0) is 35.2 Å². The molecule has 0 amide bonds. The van der Waals surface area contributed by atoms with Crippen LogP contribution in [0.2, 0.25) is 0 Å². The molecule has 1 saturated heterocycles. The SMILES string of the molecule is O=C1c2cccc(F)c2CC1(c1cccc(F)c1)N1CCN(Cc2cccs2)CC1. The van der Waals surface area contributed by atoms with Crippen LogP contribution in [0, 0.1) is 11.6 Å². The van der Waals surface area contributed by atoms with Gasteiger partial charge in [-0.1, -0.05) is 30.3 Å². The smallest absolute Gasteiger partial charge is 0.188 e. The number of rotatable bonds is 4. The maximum Gasteiger partial charge on any atom is 0.188 e. The first-order chi connectivity index (χ1) is 14.6. The van der Waals surface area contributed by atoms with Crippen LogP contribution in [0.25, 0.3) is 0 Å². The second-order valence-corrected chi connectivity index (χ2v) is 9.02. The van der Waals surface area contributed by atoms with Crippen LogP contribution in [0.3, 0.4) is 0 Å². The van der Waals surface area contributed by atoms with Gasteiger partial charge in [0.2, 0.25) is 0 Å². The lowest BCUT2D eigenvalue weighted by Crippen LogP contribution is -2.58. The summed E-state index contributed by atoms with van der Waals surface area (Å²) in [6.07, 6.45) is 0.238. The van der Waals surface area contributed by atoms with Gasteiger partial charge in [-0.15, -0.1) is 11.3 Å². The topological polar surface area (TPSA) is 23.6 Å². The van der Waals surface area contributed by atoms with Gasteiger partial charge in [0.05, 0.1) is 0 Å². The normalized spacial score (nSPS) is 22.4. The van der Waals surface area contributed by atoms with E-state index in [1.54, 1.807) is 35.6 Å². The molecule has 0 N–H and O–H groups in total. The molecule has 1 fully saturated rings. The van der Waals surface area contributed by atoms with Gasteiger partial charge in [0.15, 0.2) is 5.78 Å². The van der Waals surface area contributed by atoms with E-state index in [1.807, 2.05) is 0 Å². The molecule has 2 aliphatic rings. The first kappa shape index (κ1) is 19.5. The summed E-state index contributed by atoms with van der Waals surface area (Å²) in [5.41, 5.74) is 0.407. The van der Waals surface area contributed by atoms with Crippen molar-refractivity contribution in [2.75, 3.05) is 26.2 Å². The Kier molecular flexibility index (Phi) is 5.01. The highest BCUT2D eigenvalue weighted by Gasteiger charge is 2.52. The number of carbonyl (C=O) groups is 1. The van der Waals surface area contributed by atoms with Gasteiger partial charge < -0.3 is 0 Å². The molecule has 1 aliphatic carbocycles. The fraction of sp³-hybridized carbons (Fsp3) is 0.292. The third kappa shape index (κ3) is 3.20. The Hall–Kier alpha value is -2.41. The second kappa shape index (κ2) is 7.69. The monoisotopic (exact) mass is 424 g/mol. The number of hydrogen-bond acceptors (Lipinski definition) is 4. The van der Waals surface area contributed by atoms with Crippen LogP contribution in [0.15, 0.2) is 60.0 Å². The predicted octanol–water partition coefficient (Wildman–Crippen LogP) is 4.48. The molecule has 3 nitrogen and oxygen atoms in total. The molecule has 0 bridgehead atoms. The van der Waals surface area contributed by atoms with Crippen LogP contribution in [0.5, 0.6) is 0 Å². The molecule has 3 aromatic rings. The minimum Gasteiger partial charge on any atom is -0.296 e. The van der Waals surface area contributed by atoms with Crippen molar-refractivity contribution in [1.29, 1.82) is 0 Å². The van der Waals surface area contributed by atoms with E-state index in [2.05, 4.69) is 27.3 Å². The van der Waals surface area contributed by atoms with Crippen LogP contribution in [0.1, 0.15) is 26.4 Å². The lowest BCUT2D eigenvalue weighted by molar-refractivity contribution is 0.0288. The van der Waals surface area contributed by atoms with E-state index in [-0.39, 0.29) is 23.8 Å². The van der Waals surface area contributed by atoms with Crippen molar-refractivity contribution in [3.8, 4) is 0 Å². The molecule has 0 radical (unpaired) electrons. The number of Topliss-reactive ketones (excluding diaryl/α,β-unsaturated/α-hetero) is 1. The maximum atomic E-state index is 14.6. The molecule has 5 rings (SSSR count). The zero-order chi connectivity index (χ0) is 20.7. The molecular weight excluding hydrogens is 402 g/mol. The van der Waals surface area contributed by atoms with E-state index in [0.717, 1.165) is 19.6 Å². The highest BCUT2D eigenvalue weighted by Crippen LogP contribution is 2.44. The van der Waals surface area contributed by atoms with Gasteiger partial charge in [-0.25, -0.2) is 8.78 Å². The molecule has 1 aliphatic heterocycles. The van der Waals surface area contributed by atoms with Crippen molar-refractivity contribution < 1.29 is 13.6 Å². The van der Waals surface area contributed by atoms with Crippen molar-refractivity contribution in [1.82, 2.24) is 9.80 Å². The molecule has 6 heteroatoms. The maximum absolute atomic E-state index is 14.6. The first-order valence-corrected chi connectivity index (χ1v) is 11.0. The Balaban J connectivity index is 1.48. The molecule has 30 heavy (non-hydrogen) atoms. The fourth-order valence-electron chi connectivity index (χ4n) is 4.84. The zero-order valence-electron chi connectivity index (χ0n) is 16.5. The molecule has 0 spiro atoms. The lowest BCUT2D eigenvalue weighted by Gasteiger charge is -2.45. The number of ketones is 1. The number of benzene rings is 2. The van der Waals surface area contributed by atoms with Gasteiger partial charge in [-0.2, -0.15) is 0 Å². The van der Waals surface area contributed by atoms with E-state index >= 15 is 0 Å². The number of halogens is 2.